The molecule has 2 aromatic carbocycles. The monoisotopic (exact) mass is 399 g/mol. The fourth-order valence-electron chi connectivity index (χ4n) is 2.67. The third-order valence-electron chi connectivity index (χ3n) is 4.06. The van der Waals surface area contributed by atoms with Crippen LogP contribution < -0.4 is 20.2 Å². The number of rotatable bonds is 5. The van der Waals surface area contributed by atoms with Gasteiger partial charge in [-0.15, -0.1) is 0 Å². The van der Waals surface area contributed by atoms with Crippen molar-refractivity contribution in [2.75, 3.05) is 19.5 Å². The molecule has 3 rings (SSSR count). The van der Waals surface area contributed by atoms with Crippen molar-refractivity contribution in [3.63, 3.8) is 0 Å². The van der Waals surface area contributed by atoms with Crippen molar-refractivity contribution in [3.8, 4) is 17.2 Å². The molecule has 0 unspecified atom stereocenters. The number of aryl methyl sites for hydroxylation is 1. The van der Waals surface area contributed by atoms with E-state index in [1.54, 1.807) is 49.4 Å². The lowest BCUT2D eigenvalue weighted by Crippen LogP contribution is -2.27. The number of methoxy groups -OCH3 is 2. The number of para-hydroxylation sites is 1. The van der Waals surface area contributed by atoms with Crippen LogP contribution in [0.4, 0.5) is 5.69 Å². The van der Waals surface area contributed by atoms with Gasteiger partial charge in [-0.3, -0.25) is 9.59 Å². The Hall–Kier alpha value is -3.32. The van der Waals surface area contributed by atoms with Crippen molar-refractivity contribution in [1.82, 2.24) is 9.78 Å². The highest BCUT2D eigenvalue weighted by molar-refractivity contribution is 6.32. The van der Waals surface area contributed by atoms with Crippen LogP contribution in [0.3, 0.4) is 0 Å². The first kappa shape index (κ1) is 19.4. The highest BCUT2D eigenvalue weighted by Gasteiger charge is 2.18. The number of ether oxygens (including phenoxy) is 2. The van der Waals surface area contributed by atoms with E-state index in [2.05, 4.69) is 10.4 Å². The Kier molecular flexibility index (Phi) is 5.65. The molecule has 0 aliphatic rings. The summed E-state index contributed by atoms with van der Waals surface area (Å²) < 4.78 is 11.9. The standard InChI is InChI=1S/C20H18ClN3O4/c1-12-10-17(25)19(23-24(12)16-7-5-4-6-14(16)21)20(26)22-15-11-13(27-2)8-9-18(15)28-3/h4-11H,1-3H3,(H,22,26). The minimum atomic E-state index is -0.669. The van der Waals surface area contributed by atoms with E-state index in [1.165, 1.54) is 25.0 Å². The van der Waals surface area contributed by atoms with Gasteiger partial charge in [-0.1, -0.05) is 23.7 Å². The molecule has 0 aliphatic heterocycles. The Balaban J connectivity index is 2.03. The predicted molar refractivity (Wildman–Crippen MR) is 107 cm³/mol. The van der Waals surface area contributed by atoms with Gasteiger partial charge in [0.2, 0.25) is 5.43 Å². The van der Waals surface area contributed by atoms with Crippen LogP contribution >= 0.6 is 11.6 Å². The largest absolute Gasteiger partial charge is 0.497 e. The number of nitrogens with one attached hydrogen (secondary N) is 1. The second-order valence-corrected chi connectivity index (χ2v) is 6.29. The van der Waals surface area contributed by atoms with E-state index in [0.29, 0.717) is 33.6 Å². The summed E-state index contributed by atoms with van der Waals surface area (Å²) in [4.78, 5) is 25.2. The molecule has 0 saturated heterocycles. The fraction of sp³-hybridized carbons (Fsp3) is 0.150. The molecule has 1 aromatic heterocycles. The van der Waals surface area contributed by atoms with Gasteiger partial charge < -0.3 is 14.8 Å². The lowest BCUT2D eigenvalue weighted by molar-refractivity contribution is 0.101. The number of carbonyl (C=O) groups is 1. The minimum Gasteiger partial charge on any atom is -0.497 e. The molecule has 3 aromatic rings. The van der Waals surface area contributed by atoms with Gasteiger partial charge in [-0.2, -0.15) is 5.10 Å². The Bertz CT molecular complexity index is 1100. The second kappa shape index (κ2) is 8.14. The first-order valence-corrected chi connectivity index (χ1v) is 8.71. The molecular weight excluding hydrogens is 382 g/mol. The molecule has 0 spiro atoms. The summed E-state index contributed by atoms with van der Waals surface area (Å²) in [7, 11) is 2.99. The molecule has 144 valence electrons. The van der Waals surface area contributed by atoms with Crippen molar-refractivity contribution >= 4 is 23.2 Å². The van der Waals surface area contributed by atoms with E-state index in [4.69, 9.17) is 21.1 Å². The quantitative estimate of drug-likeness (QED) is 0.710. The van der Waals surface area contributed by atoms with Crippen molar-refractivity contribution in [2.45, 2.75) is 6.92 Å². The number of halogens is 1. The first-order chi connectivity index (χ1) is 13.4. The lowest BCUT2D eigenvalue weighted by Gasteiger charge is -2.14. The van der Waals surface area contributed by atoms with Crippen LogP contribution in [-0.2, 0) is 0 Å². The molecule has 28 heavy (non-hydrogen) atoms. The number of hydrogen-bond donors (Lipinski definition) is 1. The molecule has 0 aliphatic carbocycles. The van der Waals surface area contributed by atoms with Crippen molar-refractivity contribution in [2.24, 2.45) is 0 Å². The molecule has 1 heterocycles. The maximum Gasteiger partial charge on any atom is 0.280 e. The smallest absolute Gasteiger partial charge is 0.280 e. The maximum absolute atomic E-state index is 12.8. The number of nitrogens with zero attached hydrogens (tertiary/aromatic N) is 2. The van der Waals surface area contributed by atoms with Gasteiger partial charge in [-0.25, -0.2) is 4.68 Å². The Morgan fingerprint density at radius 2 is 1.86 bits per heavy atom. The van der Waals surface area contributed by atoms with E-state index in [-0.39, 0.29) is 5.69 Å². The molecule has 1 N–H and O–H groups in total. The number of anilines is 1. The molecule has 0 fully saturated rings. The summed E-state index contributed by atoms with van der Waals surface area (Å²) in [5.41, 5.74) is 0.705. The predicted octanol–water partition coefficient (Wildman–Crippen LogP) is 3.46. The summed E-state index contributed by atoms with van der Waals surface area (Å²) in [6.07, 6.45) is 0. The van der Waals surface area contributed by atoms with Gasteiger partial charge in [0.05, 0.1) is 30.6 Å². The van der Waals surface area contributed by atoms with E-state index >= 15 is 0 Å². The SMILES string of the molecule is COc1ccc(OC)c(NC(=O)c2nn(-c3ccccc3Cl)c(C)cc2=O)c1. The summed E-state index contributed by atoms with van der Waals surface area (Å²) in [5.74, 6) is 0.284. The highest BCUT2D eigenvalue weighted by atomic mass is 35.5. The summed E-state index contributed by atoms with van der Waals surface area (Å²) in [6, 6.07) is 13.3. The number of carbonyl (C=O) groups excluding carboxylic acids is 1. The minimum absolute atomic E-state index is 0.268. The third kappa shape index (κ3) is 3.84. The number of hydrogen-bond acceptors (Lipinski definition) is 5. The molecule has 0 saturated carbocycles. The van der Waals surface area contributed by atoms with Crippen molar-refractivity contribution in [3.05, 3.63) is 75.2 Å². The Morgan fingerprint density at radius 1 is 1.11 bits per heavy atom. The van der Waals surface area contributed by atoms with Crippen molar-refractivity contribution in [1.29, 1.82) is 0 Å². The zero-order chi connectivity index (χ0) is 20.3. The summed E-state index contributed by atoms with van der Waals surface area (Å²) >= 11 is 6.24. The number of aromatic nitrogens is 2. The zero-order valence-electron chi connectivity index (χ0n) is 15.5. The number of amides is 1. The van der Waals surface area contributed by atoms with Crippen molar-refractivity contribution < 1.29 is 14.3 Å². The molecule has 8 heteroatoms. The molecule has 0 bridgehead atoms. The number of benzene rings is 2. The van der Waals surface area contributed by atoms with Crippen LogP contribution in [-0.4, -0.2) is 29.9 Å². The molecule has 0 radical (unpaired) electrons. The molecule has 7 nitrogen and oxygen atoms in total. The van der Waals surface area contributed by atoms with Crippen LogP contribution in [0, 0.1) is 6.92 Å². The van der Waals surface area contributed by atoms with Gasteiger partial charge in [0.25, 0.3) is 5.91 Å². The fourth-order valence-corrected chi connectivity index (χ4v) is 2.88. The van der Waals surface area contributed by atoms with Gasteiger partial charge in [-0.05, 0) is 31.2 Å². The summed E-state index contributed by atoms with van der Waals surface area (Å²) in [5, 5.41) is 7.33. The van der Waals surface area contributed by atoms with Crippen LogP contribution in [0.15, 0.2) is 53.3 Å². The molecular formula is C20H18ClN3O4. The lowest BCUT2D eigenvalue weighted by atomic mass is 10.2. The molecule has 0 atom stereocenters. The topological polar surface area (TPSA) is 82.4 Å². The van der Waals surface area contributed by atoms with E-state index in [0.717, 1.165) is 0 Å². The average molecular weight is 400 g/mol. The van der Waals surface area contributed by atoms with Gasteiger partial charge in [0.15, 0.2) is 5.69 Å². The Morgan fingerprint density at radius 3 is 2.54 bits per heavy atom. The van der Waals surface area contributed by atoms with Crippen LogP contribution in [0.1, 0.15) is 16.2 Å². The third-order valence-corrected chi connectivity index (χ3v) is 4.38. The van der Waals surface area contributed by atoms with E-state index in [1.807, 2.05) is 0 Å². The average Bonchev–Trinajstić information content (AvgIpc) is 2.68. The van der Waals surface area contributed by atoms with Crippen LogP contribution in [0.5, 0.6) is 11.5 Å². The normalized spacial score (nSPS) is 10.4. The van der Waals surface area contributed by atoms with E-state index < -0.39 is 11.3 Å². The van der Waals surface area contributed by atoms with Gasteiger partial charge in [0, 0.05) is 17.8 Å². The maximum atomic E-state index is 12.8. The van der Waals surface area contributed by atoms with Crippen LogP contribution in [0.2, 0.25) is 5.02 Å². The Labute approximate surface area is 166 Å². The van der Waals surface area contributed by atoms with Crippen LogP contribution in [0.25, 0.3) is 5.69 Å². The first-order valence-electron chi connectivity index (χ1n) is 8.34. The highest BCUT2D eigenvalue weighted by Crippen LogP contribution is 2.29. The van der Waals surface area contributed by atoms with E-state index in [9.17, 15) is 9.59 Å². The zero-order valence-corrected chi connectivity index (χ0v) is 16.3. The van der Waals surface area contributed by atoms with Gasteiger partial charge >= 0.3 is 0 Å². The molecule has 1 amide bonds. The second-order valence-electron chi connectivity index (χ2n) is 5.88. The van der Waals surface area contributed by atoms with Gasteiger partial charge in [0.1, 0.15) is 11.5 Å². The summed E-state index contributed by atoms with van der Waals surface area (Å²) in [6.45, 7) is 1.71.